The van der Waals surface area contributed by atoms with E-state index in [0.29, 0.717) is 0 Å². The lowest BCUT2D eigenvalue weighted by molar-refractivity contribution is 0.558. The topological polar surface area (TPSA) is 38.0 Å². The van der Waals surface area contributed by atoms with Crippen LogP contribution in [-0.2, 0) is 6.42 Å². The van der Waals surface area contributed by atoms with Gasteiger partial charge in [0.1, 0.15) is 0 Å². The van der Waals surface area contributed by atoms with Crippen LogP contribution in [0.15, 0.2) is 29.6 Å². The zero-order valence-corrected chi connectivity index (χ0v) is 12.1. The van der Waals surface area contributed by atoms with Gasteiger partial charge in [-0.2, -0.15) is 0 Å². The van der Waals surface area contributed by atoms with Gasteiger partial charge in [0.15, 0.2) is 0 Å². The molecule has 1 aromatic heterocycles. The van der Waals surface area contributed by atoms with Crippen LogP contribution in [0.5, 0.6) is 0 Å². The van der Waals surface area contributed by atoms with E-state index in [2.05, 4.69) is 37.5 Å². The van der Waals surface area contributed by atoms with Gasteiger partial charge >= 0.3 is 0 Å². The Morgan fingerprint density at radius 1 is 1.28 bits per heavy atom. The molecule has 0 spiro atoms. The average Bonchev–Trinajstić information content (AvgIpc) is 2.76. The summed E-state index contributed by atoms with van der Waals surface area (Å²) in [5.41, 5.74) is 6.80. The highest BCUT2D eigenvalue weighted by Crippen LogP contribution is 2.31. The summed E-state index contributed by atoms with van der Waals surface area (Å²) in [4.78, 5) is 1.10. The maximum atomic E-state index is 6.17. The number of nitrogens with two attached hydrogens (primary N) is 1. The van der Waals surface area contributed by atoms with E-state index in [1.54, 1.807) is 11.3 Å². The first kappa shape index (κ1) is 13.6. The van der Waals surface area contributed by atoms with Crippen LogP contribution in [-0.4, -0.2) is 0 Å². The maximum Gasteiger partial charge on any atom is 0.0608 e. The fourth-order valence-corrected chi connectivity index (χ4v) is 3.41. The molecule has 2 rings (SSSR count). The minimum Gasteiger partial charge on any atom is -0.271 e. The highest BCUT2D eigenvalue weighted by molar-refractivity contribution is 7.10. The van der Waals surface area contributed by atoms with E-state index >= 15 is 0 Å². The van der Waals surface area contributed by atoms with Crippen LogP contribution in [0.25, 0.3) is 0 Å². The monoisotopic (exact) mass is 280 g/mol. The van der Waals surface area contributed by atoms with Crippen molar-refractivity contribution < 1.29 is 0 Å². The Labute approximate surface area is 117 Å². The van der Waals surface area contributed by atoms with Gasteiger partial charge in [0.2, 0.25) is 0 Å². The molecule has 2 aromatic rings. The average molecular weight is 281 g/mol. The highest BCUT2D eigenvalue weighted by Gasteiger charge is 2.17. The molecule has 96 valence electrons. The molecular formula is C14H17ClN2S. The van der Waals surface area contributed by atoms with Gasteiger partial charge in [0, 0.05) is 4.88 Å². The fraction of sp³-hybridized carbons (Fsp3) is 0.286. The number of aryl methyl sites for hydroxylation is 2. The smallest absolute Gasteiger partial charge is 0.0608 e. The predicted octanol–water partition coefficient (Wildman–Crippen LogP) is 3.77. The van der Waals surface area contributed by atoms with Gasteiger partial charge in [0.05, 0.1) is 11.1 Å². The molecule has 1 aromatic carbocycles. The number of nitrogens with one attached hydrogen (secondary N) is 1. The van der Waals surface area contributed by atoms with Gasteiger partial charge in [-0.1, -0.05) is 29.8 Å². The van der Waals surface area contributed by atoms with E-state index in [-0.39, 0.29) is 6.04 Å². The van der Waals surface area contributed by atoms with E-state index < -0.39 is 0 Å². The lowest BCUT2D eigenvalue weighted by Crippen LogP contribution is -2.29. The summed E-state index contributed by atoms with van der Waals surface area (Å²) in [6.45, 7) is 4.26. The zero-order chi connectivity index (χ0) is 13.1. The molecule has 0 saturated heterocycles. The van der Waals surface area contributed by atoms with E-state index in [1.807, 2.05) is 11.4 Å². The molecule has 3 N–H and O–H groups in total. The van der Waals surface area contributed by atoms with E-state index in [9.17, 15) is 0 Å². The molecule has 0 aliphatic carbocycles. The van der Waals surface area contributed by atoms with Gasteiger partial charge in [-0.3, -0.25) is 11.3 Å². The molecule has 18 heavy (non-hydrogen) atoms. The Bertz CT molecular complexity index is 516. The first-order valence-corrected chi connectivity index (χ1v) is 7.13. The molecule has 0 fully saturated rings. The van der Waals surface area contributed by atoms with Crippen LogP contribution < -0.4 is 11.3 Å². The molecule has 0 amide bonds. The number of rotatable bonds is 4. The standard InChI is InChI=1S/C14H17ClN2S/c1-9-4-3-5-10(2)11(9)8-13(17-16)14-12(15)6-7-18-14/h3-7,13,17H,8,16H2,1-2H3. The third-order valence-electron chi connectivity index (χ3n) is 3.22. The van der Waals surface area contributed by atoms with Gasteiger partial charge in [-0.25, -0.2) is 0 Å². The molecule has 0 aliphatic rings. The summed E-state index contributed by atoms with van der Waals surface area (Å²) >= 11 is 7.81. The van der Waals surface area contributed by atoms with Crippen molar-refractivity contribution >= 4 is 22.9 Å². The van der Waals surface area contributed by atoms with Crippen molar-refractivity contribution in [1.29, 1.82) is 0 Å². The van der Waals surface area contributed by atoms with Gasteiger partial charge < -0.3 is 0 Å². The number of hydrazine groups is 1. The molecule has 1 heterocycles. The molecule has 1 unspecified atom stereocenters. The van der Waals surface area contributed by atoms with Crippen molar-refractivity contribution in [2.75, 3.05) is 0 Å². The van der Waals surface area contributed by atoms with Crippen molar-refractivity contribution in [1.82, 2.24) is 5.43 Å². The number of hydrogen-bond acceptors (Lipinski definition) is 3. The van der Waals surface area contributed by atoms with Gasteiger partial charge in [-0.15, -0.1) is 11.3 Å². The molecule has 0 radical (unpaired) electrons. The minimum atomic E-state index is 0.0669. The Morgan fingerprint density at radius 2 is 1.94 bits per heavy atom. The van der Waals surface area contributed by atoms with Crippen molar-refractivity contribution in [2.24, 2.45) is 5.84 Å². The van der Waals surface area contributed by atoms with Crippen molar-refractivity contribution in [3.05, 3.63) is 56.2 Å². The SMILES string of the molecule is Cc1cccc(C)c1CC(NN)c1sccc1Cl. The maximum absolute atomic E-state index is 6.17. The number of thiophene rings is 1. The molecule has 1 atom stereocenters. The van der Waals surface area contributed by atoms with Crippen LogP contribution in [0.4, 0.5) is 0 Å². The largest absolute Gasteiger partial charge is 0.271 e. The second-order valence-electron chi connectivity index (χ2n) is 4.43. The molecule has 0 aliphatic heterocycles. The van der Waals surface area contributed by atoms with Crippen molar-refractivity contribution in [2.45, 2.75) is 26.3 Å². The van der Waals surface area contributed by atoms with E-state index in [0.717, 1.165) is 16.3 Å². The van der Waals surface area contributed by atoms with Gasteiger partial charge in [-0.05, 0) is 48.4 Å². The number of halogens is 1. The van der Waals surface area contributed by atoms with Crippen LogP contribution in [0.2, 0.25) is 5.02 Å². The first-order chi connectivity index (χ1) is 8.63. The van der Waals surface area contributed by atoms with E-state index in [1.165, 1.54) is 16.7 Å². The third kappa shape index (κ3) is 2.75. The van der Waals surface area contributed by atoms with Crippen LogP contribution in [0.3, 0.4) is 0 Å². The summed E-state index contributed by atoms with van der Waals surface area (Å²) in [6, 6.07) is 8.32. The normalized spacial score (nSPS) is 12.7. The van der Waals surface area contributed by atoms with Crippen LogP contribution in [0.1, 0.15) is 27.6 Å². The lowest BCUT2D eigenvalue weighted by Gasteiger charge is -2.18. The molecule has 0 saturated carbocycles. The van der Waals surface area contributed by atoms with Crippen LogP contribution in [0, 0.1) is 13.8 Å². The Balaban J connectivity index is 2.29. The van der Waals surface area contributed by atoms with Crippen molar-refractivity contribution in [3.8, 4) is 0 Å². The Morgan fingerprint density at radius 3 is 2.44 bits per heavy atom. The predicted molar refractivity (Wildman–Crippen MR) is 79.0 cm³/mol. The summed E-state index contributed by atoms with van der Waals surface area (Å²) in [5, 5.41) is 2.78. The molecular weight excluding hydrogens is 264 g/mol. The second kappa shape index (κ2) is 5.85. The number of hydrogen-bond donors (Lipinski definition) is 2. The quantitative estimate of drug-likeness (QED) is 0.661. The number of benzene rings is 1. The summed E-state index contributed by atoms with van der Waals surface area (Å²) < 4.78 is 0. The molecule has 4 heteroatoms. The highest BCUT2D eigenvalue weighted by atomic mass is 35.5. The third-order valence-corrected chi connectivity index (χ3v) is 4.69. The van der Waals surface area contributed by atoms with Crippen LogP contribution >= 0.6 is 22.9 Å². The van der Waals surface area contributed by atoms with Crippen molar-refractivity contribution in [3.63, 3.8) is 0 Å². The van der Waals surface area contributed by atoms with Gasteiger partial charge in [0.25, 0.3) is 0 Å². The first-order valence-electron chi connectivity index (χ1n) is 5.87. The fourth-order valence-electron chi connectivity index (χ4n) is 2.16. The molecule has 2 nitrogen and oxygen atoms in total. The molecule has 0 bridgehead atoms. The van der Waals surface area contributed by atoms with E-state index in [4.69, 9.17) is 17.4 Å². The summed E-state index contributed by atoms with van der Waals surface area (Å²) in [7, 11) is 0. The zero-order valence-electron chi connectivity index (χ0n) is 10.5. The minimum absolute atomic E-state index is 0.0669. The second-order valence-corrected chi connectivity index (χ2v) is 5.78. The summed E-state index contributed by atoms with van der Waals surface area (Å²) in [5.74, 6) is 5.68. The Hall–Kier alpha value is -0.870. The lowest BCUT2D eigenvalue weighted by atomic mass is 9.96. The summed E-state index contributed by atoms with van der Waals surface area (Å²) in [6.07, 6.45) is 0.856. The Kier molecular flexibility index (Phi) is 4.40.